The van der Waals surface area contributed by atoms with Gasteiger partial charge in [-0.25, -0.2) is 18.1 Å². The Morgan fingerprint density at radius 3 is 2.81 bits per heavy atom. The van der Waals surface area contributed by atoms with Gasteiger partial charge in [-0.15, -0.1) is 0 Å². The first kappa shape index (κ1) is 18.2. The summed E-state index contributed by atoms with van der Waals surface area (Å²) < 4.78 is 30.3. The molecule has 0 atom stereocenters. The Bertz CT molecular complexity index is 957. The van der Waals surface area contributed by atoms with Gasteiger partial charge in [0.2, 0.25) is 15.9 Å². The summed E-state index contributed by atoms with van der Waals surface area (Å²) in [6.45, 7) is 3.24. The van der Waals surface area contributed by atoms with E-state index in [-0.39, 0.29) is 17.3 Å². The molecule has 1 aromatic carbocycles. The van der Waals surface area contributed by atoms with E-state index in [1.807, 2.05) is 12.3 Å². The van der Waals surface area contributed by atoms with Crippen molar-refractivity contribution in [2.24, 2.45) is 0 Å². The second kappa shape index (κ2) is 7.09. The van der Waals surface area contributed by atoms with Gasteiger partial charge in [0.15, 0.2) is 0 Å². The highest BCUT2D eigenvalue weighted by molar-refractivity contribution is 7.89. The number of nitrogens with zero attached hydrogens (tertiary/aromatic N) is 3. The molecule has 1 N–H and O–H groups in total. The fourth-order valence-electron chi connectivity index (χ4n) is 3.86. The van der Waals surface area contributed by atoms with Crippen LogP contribution in [0.25, 0.3) is 0 Å². The summed E-state index contributed by atoms with van der Waals surface area (Å²) >= 11 is 0. The molecule has 0 unspecified atom stereocenters. The van der Waals surface area contributed by atoms with E-state index >= 15 is 0 Å². The molecule has 0 radical (unpaired) electrons. The zero-order chi connectivity index (χ0) is 19.0. The summed E-state index contributed by atoms with van der Waals surface area (Å²) in [5.41, 5.74) is 2.45. The van der Waals surface area contributed by atoms with Crippen molar-refractivity contribution in [3.05, 3.63) is 41.5 Å². The molecule has 7 nitrogen and oxygen atoms in total. The minimum atomic E-state index is -3.68. The molecule has 8 heteroatoms. The van der Waals surface area contributed by atoms with E-state index < -0.39 is 10.0 Å². The molecule has 2 aromatic rings. The third-order valence-corrected chi connectivity index (χ3v) is 6.67. The summed E-state index contributed by atoms with van der Waals surface area (Å²) in [7, 11) is -3.68. The first-order valence-corrected chi connectivity index (χ1v) is 10.9. The van der Waals surface area contributed by atoms with Crippen LogP contribution in [0.1, 0.15) is 43.3 Å². The van der Waals surface area contributed by atoms with Gasteiger partial charge in [0, 0.05) is 38.3 Å². The molecular formula is C19H24N4O3S. The second-order valence-corrected chi connectivity index (χ2v) is 8.96. The number of aryl methyl sites for hydroxylation is 3. The van der Waals surface area contributed by atoms with E-state index in [4.69, 9.17) is 0 Å². The number of amides is 1. The average molecular weight is 388 g/mol. The molecule has 0 spiro atoms. The lowest BCUT2D eigenvalue weighted by Gasteiger charge is -2.29. The van der Waals surface area contributed by atoms with E-state index in [0.29, 0.717) is 12.2 Å². The molecule has 0 saturated heterocycles. The molecule has 2 aliphatic heterocycles. The fraction of sp³-hybridized carbons (Fsp3) is 0.474. The molecule has 4 rings (SSSR count). The van der Waals surface area contributed by atoms with E-state index in [1.54, 1.807) is 17.0 Å². The van der Waals surface area contributed by atoms with Crippen LogP contribution in [-0.2, 0) is 40.7 Å². The SMILES string of the molecule is CC(=O)N1CCCc2ccc(S(=O)(=O)NCc3cn4c(n3)CCCC4)cc21. The van der Waals surface area contributed by atoms with Crippen LogP contribution in [0.3, 0.4) is 0 Å². The molecule has 144 valence electrons. The predicted molar refractivity (Wildman–Crippen MR) is 102 cm³/mol. The Balaban J connectivity index is 1.54. The highest BCUT2D eigenvalue weighted by atomic mass is 32.2. The third-order valence-electron chi connectivity index (χ3n) is 5.27. The number of benzene rings is 1. The lowest BCUT2D eigenvalue weighted by Crippen LogP contribution is -2.34. The third kappa shape index (κ3) is 3.64. The van der Waals surface area contributed by atoms with Gasteiger partial charge in [0.05, 0.1) is 17.1 Å². The first-order chi connectivity index (χ1) is 12.9. The van der Waals surface area contributed by atoms with Crippen molar-refractivity contribution >= 4 is 21.6 Å². The molecule has 0 saturated carbocycles. The number of carbonyl (C=O) groups is 1. The van der Waals surface area contributed by atoms with Gasteiger partial charge < -0.3 is 9.47 Å². The van der Waals surface area contributed by atoms with Crippen molar-refractivity contribution in [1.29, 1.82) is 0 Å². The zero-order valence-electron chi connectivity index (χ0n) is 15.4. The van der Waals surface area contributed by atoms with Gasteiger partial charge in [0.25, 0.3) is 0 Å². The number of carbonyl (C=O) groups excluding carboxylic acids is 1. The number of aromatic nitrogens is 2. The maximum atomic E-state index is 12.8. The van der Waals surface area contributed by atoms with Gasteiger partial charge in [-0.2, -0.15) is 0 Å². The summed E-state index contributed by atoms with van der Waals surface area (Å²) in [4.78, 5) is 18.2. The molecular weight excluding hydrogens is 364 g/mol. The monoisotopic (exact) mass is 388 g/mol. The van der Waals surface area contributed by atoms with Crippen LogP contribution in [0.15, 0.2) is 29.3 Å². The van der Waals surface area contributed by atoms with Crippen LogP contribution < -0.4 is 9.62 Å². The van der Waals surface area contributed by atoms with Crippen molar-refractivity contribution in [1.82, 2.24) is 14.3 Å². The van der Waals surface area contributed by atoms with E-state index in [9.17, 15) is 13.2 Å². The minimum Gasteiger partial charge on any atom is -0.335 e. The standard InChI is InChI=1S/C19H24N4O3S/c1-14(24)23-10-4-5-15-7-8-17(11-18(15)23)27(25,26)20-12-16-13-22-9-3-2-6-19(22)21-16/h7-8,11,13,20H,2-6,9-10,12H2,1H3. The quantitative estimate of drug-likeness (QED) is 0.868. The van der Waals surface area contributed by atoms with Crippen molar-refractivity contribution < 1.29 is 13.2 Å². The maximum Gasteiger partial charge on any atom is 0.240 e. The van der Waals surface area contributed by atoms with Crippen LogP contribution in [0.5, 0.6) is 0 Å². The van der Waals surface area contributed by atoms with Crippen LogP contribution in [0.2, 0.25) is 0 Å². The Morgan fingerprint density at radius 2 is 2.04 bits per heavy atom. The number of imidazole rings is 1. The average Bonchev–Trinajstić information content (AvgIpc) is 3.08. The summed E-state index contributed by atoms with van der Waals surface area (Å²) in [6, 6.07) is 5.04. The number of sulfonamides is 1. The van der Waals surface area contributed by atoms with Crippen LogP contribution in [-0.4, -0.2) is 30.4 Å². The summed E-state index contributed by atoms with van der Waals surface area (Å²) in [6.07, 6.45) is 6.88. The number of rotatable bonds is 4. The van der Waals surface area contributed by atoms with E-state index in [0.717, 1.165) is 55.7 Å². The topological polar surface area (TPSA) is 84.3 Å². The molecule has 1 aromatic heterocycles. The second-order valence-electron chi connectivity index (χ2n) is 7.19. The van der Waals surface area contributed by atoms with Gasteiger partial charge in [0.1, 0.15) is 5.82 Å². The van der Waals surface area contributed by atoms with Crippen molar-refractivity contribution in [3.63, 3.8) is 0 Å². The normalized spacial score (nSPS) is 16.7. The maximum absolute atomic E-state index is 12.8. The van der Waals surface area contributed by atoms with Gasteiger partial charge in [-0.05, 0) is 43.4 Å². The van der Waals surface area contributed by atoms with Gasteiger partial charge >= 0.3 is 0 Å². The van der Waals surface area contributed by atoms with Gasteiger partial charge in [-0.1, -0.05) is 6.07 Å². The van der Waals surface area contributed by atoms with Crippen molar-refractivity contribution in [2.75, 3.05) is 11.4 Å². The lowest BCUT2D eigenvalue weighted by molar-refractivity contribution is -0.116. The number of nitrogens with one attached hydrogen (secondary N) is 1. The van der Waals surface area contributed by atoms with Gasteiger partial charge in [-0.3, -0.25) is 4.79 Å². The Labute approximate surface area is 159 Å². The Morgan fingerprint density at radius 1 is 1.19 bits per heavy atom. The number of fused-ring (bicyclic) bond motifs is 2. The minimum absolute atomic E-state index is 0.0675. The number of anilines is 1. The zero-order valence-corrected chi connectivity index (χ0v) is 16.3. The molecule has 2 aliphatic rings. The predicted octanol–water partition coefficient (Wildman–Crippen LogP) is 2.00. The largest absolute Gasteiger partial charge is 0.335 e. The van der Waals surface area contributed by atoms with E-state index in [1.165, 1.54) is 6.92 Å². The van der Waals surface area contributed by atoms with Crippen molar-refractivity contribution in [3.8, 4) is 0 Å². The fourth-order valence-corrected chi connectivity index (χ4v) is 4.88. The first-order valence-electron chi connectivity index (χ1n) is 9.40. The molecule has 1 amide bonds. The van der Waals surface area contributed by atoms with Crippen molar-refractivity contribution in [2.45, 2.75) is 57.0 Å². The van der Waals surface area contributed by atoms with Crippen LogP contribution in [0.4, 0.5) is 5.69 Å². The number of hydrogen-bond donors (Lipinski definition) is 1. The molecule has 0 aliphatic carbocycles. The van der Waals surface area contributed by atoms with E-state index in [2.05, 4.69) is 14.3 Å². The number of hydrogen-bond acceptors (Lipinski definition) is 4. The van der Waals surface area contributed by atoms with Crippen LogP contribution >= 0.6 is 0 Å². The molecule has 3 heterocycles. The molecule has 0 fully saturated rings. The Kier molecular flexibility index (Phi) is 4.77. The van der Waals surface area contributed by atoms with Crippen LogP contribution in [0, 0.1) is 0 Å². The lowest BCUT2D eigenvalue weighted by atomic mass is 10.0. The summed E-state index contributed by atoms with van der Waals surface area (Å²) in [5, 5.41) is 0. The molecule has 27 heavy (non-hydrogen) atoms. The smallest absolute Gasteiger partial charge is 0.240 e. The Hall–Kier alpha value is -2.19. The highest BCUT2D eigenvalue weighted by Crippen LogP contribution is 2.30. The highest BCUT2D eigenvalue weighted by Gasteiger charge is 2.23. The molecule has 0 bridgehead atoms. The summed E-state index contributed by atoms with van der Waals surface area (Å²) in [5.74, 6) is 0.961.